The summed E-state index contributed by atoms with van der Waals surface area (Å²) in [6.45, 7) is 0. The largest absolute Gasteiger partial charge is 0.574 e. The molecule has 0 aliphatic heterocycles. The maximum absolute atomic E-state index is 12.1. The van der Waals surface area contributed by atoms with Crippen LogP contribution in [-0.2, 0) is 17.1 Å². The zero-order valence-electron chi connectivity index (χ0n) is 8.68. The summed E-state index contributed by atoms with van der Waals surface area (Å²) in [7, 11) is 0. The molecule has 0 bridgehead atoms. The molecule has 0 spiro atoms. The zero-order chi connectivity index (χ0) is 13.9. The van der Waals surface area contributed by atoms with E-state index in [0.717, 1.165) is 6.07 Å². The number of carboxylic acid groups (broad SMARTS) is 1. The monoisotopic (exact) mass is 285 g/mol. The maximum atomic E-state index is 12.1. The third-order valence-electron chi connectivity index (χ3n) is 1.86. The molecule has 0 saturated heterocycles. The predicted octanol–water partition coefficient (Wildman–Crippen LogP) is 1.64. The van der Waals surface area contributed by atoms with Crippen LogP contribution in [0.4, 0.5) is 13.2 Å². The number of aliphatic carboxylic acids is 1. The Morgan fingerprint density at radius 1 is 1.44 bits per heavy atom. The predicted molar refractivity (Wildman–Crippen MR) is 54.6 cm³/mol. The molecule has 1 aromatic heterocycles. The molecule has 0 radical (unpaired) electrons. The molecule has 0 aromatic carbocycles. The van der Waals surface area contributed by atoms with E-state index < -0.39 is 30.2 Å². The van der Waals surface area contributed by atoms with E-state index in [1.165, 1.54) is 0 Å². The number of pyridine rings is 1. The molecule has 1 aromatic rings. The first-order valence-corrected chi connectivity index (χ1v) is 5.05. The van der Waals surface area contributed by atoms with Crippen molar-refractivity contribution in [3.8, 4) is 5.88 Å². The van der Waals surface area contributed by atoms with Crippen LogP contribution in [0.25, 0.3) is 0 Å². The fourth-order valence-corrected chi connectivity index (χ4v) is 1.40. The summed E-state index contributed by atoms with van der Waals surface area (Å²) in [6, 6.07) is 0.973. The standard InChI is InChI=1S/C9H7ClF3NO4/c10-3-5-1-4(2-6(15)16)8(14-7(5)17)18-9(11,12)13/h1H,2-3H2,(H,14,17)(H,15,16). The van der Waals surface area contributed by atoms with Crippen molar-refractivity contribution < 1.29 is 27.8 Å². The van der Waals surface area contributed by atoms with Crippen molar-refractivity contribution in [1.82, 2.24) is 4.98 Å². The van der Waals surface area contributed by atoms with E-state index in [0.29, 0.717) is 0 Å². The number of carboxylic acids is 1. The van der Waals surface area contributed by atoms with Crippen molar-refractivity contribution in [1.29, 1.82) is 0 Å². The fraction of sp³-hybridized carbons (Fsp3) is 0.333. The van der Waals surface area contributed by atoms with Gasteiger partial charge in [-0.05, 0) is 6.07 Å². The smallest absolute Gasteiger partial charge is 0.481 e. The summed E-state index contributed by atoms with van der Waals surface area (Å²) >= 11 is 5.40. The number of hydrogen-bond donors (Lipinski definition) is 2. The molecule has 18 heavy (non-hydrogen) atoms. The number of rotatable bonds is 4. The number of halogens is 4. The van der Waals surface area contributed by atoms with Gasteiger partial charge in [0.25, 0.3) is 5.56 Å². The molecule has 0 atom stereocenters. The average molecular weight is 286 g/mol. The van der Waals surface area contributed by atoms with Crippen LogP contribution in [0.5, 0.6) is 5.88 Å². The first-order chi connectivity index (χ1) is 8.23. The average Bonchev–Trinajstić information content (AvgIpc) is 2.19. The second kappa shape index (κ2) is 5.30. The number of aromatic nitrogens is 1. The van der Waals surface area contributed by atoms with Crippen molar-refractivity contribution in [2.24, 2.45) is 0 Å². The molecule has 1 rings (SSSR count). The number of carbonyl (C=O) groups is 1. The van der Waals surface area contributed by atoms with Gasteiger partial charge >= 0.3 is 12.3 Å². The minimum Gasteiger partial charge on any atom is -0.481 e. The molecule has 5 nitrogen and oxygen atoms in total. The van der Waals surface area contributed by atoms with Gasteiger partial charge in [0, 0.05) is 11.1 Å². The van der Waals surface area contributed by atoms with E-state index >= 15 is 0 Å². The Hall–Kier alpha value is -1.70. The van der Waals surface area contributed by atoms with Crippen molar-refractivity contribution in [2.75, 3.05) is 0 Å². The Labute approximate surface area is 103 Å². The van der Waals surface area contributed by atoms with Crippen molar-refractivity contribution in [3.63, 3.8) is 0 Å². The summed E-state index contributed by atoms with van der Waals surface area (Å²) in [6.07, 6.45) is -5.76. The van der Waals surface area contributed by atoms with Crippen LogP contribution in [0.1, 0.15) is 11.1 Å². The fourth-order valence-electron chi connectivity index (χ4n) is 1.21. The van der Waals surface area contributed by atoms with Crippen LogP contribution in [-0.4, -0.2) is 22.4 Å². The van der Waals surface area contributed by atoms with Crippen LogP contribution < -0.4 is 10.3 Å². The van der Waals surface area contributed by atoms with Crippen LogP contribution in [0, 0.1) is 0 Å². The Kier molecular flexibility index (Phi) is 4.23. The lowest BCUT2D eigenvalue weighted by molar-refractivity contribution is -0.276. The SMILES string of the molecule is O=C(O)Cc1cc(CCl)c(=O)[nH]c1OC(F)(F)F. The van der Waals surface area contributed by atoms with Crippen LogP contribution in [0.15, 0.2) is 10.9 Å². The lowest BCUT2D eigenvalue weighted by atomic mass is 10.1. The molecule has 0 aliphatic rings. The maximum Gasteiger partial charge on any atom is 0.574 e. The summed E-state index contributed by atoms with van der Waals surface area (Å²) in [5.74, 6) is -2.56. The third-order valence-corrected chi connectivity index (χ3v) is 2.15. The van der Waals surface area contributed by atoms with Gasteiger partial charge in [0.2, 0.25) is 5.88 Å². The topological polar surface area (TPSA) is 79.4 Å². The first-order valence-electron chi connectivity index (χ1n) is 4.51. The zero-order valence-corrected chi connectivity index (χ0v) is 9.43. The number of nitrogens with one attached hydrogen (secondary N) is 1. The molecule has 0 amide bonds. The first kappa shape index (κ1) is 14.4. The van der Waals surface area contributed by atoms with Crippen molar-refractivity contribution in [2.45, 2.75) is 18.7 Å². The van der Waals surface area contributed by atoms with Gasteiger partial charge in [-0.25, -0.2) is 0 Å². The highest BCUT2D eigenvalue weighted by Crippen LogP contribution is 2.24. The lowest BCUT2D eigenvalue weighted by Crippen LogP contribution is -2.23. The van der Waals surface area contributed by atoms with Gasteiger partial charge < -0.3 is 9.84 Å². The minimum absolute atomic E-state index is 0.0394. The number of alkyl halides is 4. The molecule has 0 unspecified atom stereocenters. The van der Waals surface area contributed by atoms with E-state index in [-0.39, 0.29) is 17.0 Å². The number of ether oxygens (including phenoxy) is 1. The Balaban J connectivity index is 3.25. The van der Waals surface area contributed by atoms with Gasteiger partial charge in [-0.3, -0.25) is 14.6 Å². The summed E-state index contributed by atoms with van der Waals surface area (Å²) < 4.78 is 39.7. The minimum atomic E-state index is -5.03. The number of aromatic amines is 1. The van der Waals surface area contributed by atoms with Crippen LogP contribution in [0.3, 0.4) is 0 Å². The number of hydrogen-bond acceptors (Lipinski definition) is 3. The molecule has 2 N–H and O–H groups in total. The summed E-state index contributed by atoms with van der Waals surface area (Å²) in [4.78, 5) is 23.6. The molecule has 0 fully saturated rings. The Bertz CT molecular complexity index is 512. The van der Waals surface area contributed by atoms with Gasteiger partial charge in [-0.2, -0.15) is 0 Å². The lowest BCUT2D eigenvalue weighted by Gasteiger charge is -2.12. The molecule has 0 saturated carbocycles. The van der Waals surface area contributed by atoms with E-state index in [9.17, 15) is 22.8 Å². The quantitative estimate of drug-likeness (QED) is 0.824. The molecule has 100 valence electrons. The van der Waals surface area contributed by atoms with E-state index in [2.05, 4.69) is 4.74 Å². The van der Waals surface area contributed by atoms with Crippen molar-refractivity contribution >= 4 is 17.6 Å². The highest BCUT2D eigenvalue weighted by atomic mass is 35.5. The second-order valence-electron chi connectivity index (χ2n) is 3.23. The van der Waals surface area contributed by atoms with E-state index in [4.69, 9.17) is 16.7 Å². The molecular weight excluding hydrogens is 279 g/mol. The van der Waals surface area contributed by atoms with Crippen molar-refractivity contribution in [3.05, 3.63) is 27.5 Å². The molecule has 0 aliphatic carbocycles. The van der Waals surface area contributed by atoms with Crippen LogP contribution in [0.2, 0.25) is 0 Å². The Morgan fingerprint density at radius 2 is 2.06 bits per heavy atom. The number of H-pyrrole nitrogens is 1. The van der Waals surface area contributed by atoms with Gasteiger partial charge in [-0.15, -0.1) is 24.8 Å². The summed E-state index contributed by atoms with van der Waals surface area (Å²) in [5.41, 5.74) is -1.21. The normalized spacial score (nSPS) is 11.3. The van der Waals surface area contributed by atoms with Gasteiger partial charge in [0.1, 0.15) is 0 Å². The molecular formula is C9H7ClF3NO4. The van der Waals surface area contributed by atoms with Gasteiger partial charge in [-0.1, -0.05) is 0 Å². The van der Waals surface area contributed by atoms with Gasteiger partial charge in [0.15, 0.2) is 0 Å². The summed E-state index contributed by atoms with van der Waals surface area (Å²) in [5, 5.41) is 8.56. The highest BCUT2D eigenvalue weighted by molar-refractivity contribution is 6.17. The second-order valence-corrected chi connectivity index (χ2v) is 3.50. The van der Waals surface area contributed by atoms with Crippen LogP contribution >= 0.6 is 11.6 Å². The molecule has 9 heteroatoms. The van der Waals surface area contributed by atoms with E-state index in [1.54, 1.807) is 0 Å². The highest BCUT2D eigenvalue weighted by Gasteiger charge is 2.33. The van der Waals surface area contributed by atoms with Gasteiger partial charge in [0.05, 0.1) is 12.3 Å². The molecule has 1 heterocycles. The third kappa shape index (κ3) is 3.95. The van der Waals surface area contributed by atoms with E-state index in [1.807, 2.05) is 4.98 Å². The Morgan fingerprint density at radius 3 is 2.50 bits per heavy atom.